The van der Waals surface area contributed by atoms with Crippen LogP contribution in [0.5, 0.6) is 0 Å². The predicted molar refractivity (Wildman–Crippen MR) is 43.6 cm³/mol. The zero-order valence-corrected chi connectivity index (χ0v) is 7.95. The van der Waals surface area contributed by atoms with Gasteiger partial charge < -0.3 is 9.84 Å². The van der Waals surface area contributed by atoms with Crippen molar-refractivity contribution in [3.05, 3.63) is 0 Å². The van der Waals surface area contributed by atoms with Crippen LogP contribution in [-0.4, -0.2) is 43.0 Å². The van der Waals surface area contributed by atoms with Gasteiger partial charge in [-0.05, 0) is 0 Å². The van der Waals surface area contributed by atoms with Crippen LogP contribution in [0.15, 0.2) is 0 Å². The molecular weight excluding hydrogens is 200 g/mol. The van der Waals surface area contributed by atoms with Crippen molar-refractivity contribution < 1.29 is 27.6 Å². The fraction of sp³-hybridized carbons (Fsp3) is 0.833. The summed E-state index contributed by atoms with van der Waals surface area (Å²) < 4.78 is 33.4. The summed E-state index contributed by atoms with van der Waals surface area (Å²) in [5.41, 5.74) is 0. The lowest BCUT2D eigenvalue weighted by atomic mass is 10.2. The minimum atomic E-state index is -4.16. The maximum absolute atomic E-state index is 10.9. The summed E-state index contributed by atoms with van der Waals surface area (Å²) in [6, 6.07) is 0. The van der Waals surface area contributed by atoms with Gasteiger partial charge in [0.15, 0.2) is 0 Å². The van der Waals surface area contributed by atoms with E-state index < -0.39 is 27.8 Å². The fourth-order valence-corrected chi connectivity index (χ4v) is 1.44. The molecule has 0 aromatic rings. The second-order valence-electron chi connectivity index (χ2n) is 2.54. The molecule has 0 bridgehead atoms. The number of hydrogen-bond donors (Lipinski definition) is 2. The molecule has 0 aromatic heterocycles. The van der Waals surface area contributed by atoms with E-state index in [-0.39, 0.29) is 13.2 Å². The second-order valence-corrected chi connectivity index (χ2v) is 4.04. The molecule has 0 saturated carbocycles. The first kappa shape index (κ1) is 12.3. The van der Waals surface area contributed by atoms with Crippen molar-refractivity contribution in [1.82, 2.24) is 0 Å². The highest BCUT2D eigenvalue weighted by molar-refractivity contribution is 7.85. The van der Waals surface area contributed by atoms with E-state index in [1.165, 1.54) is 6.92 Å². The van der Waals surface area contributed by atoms with Gasteiger partial charge in [-0.15, -0.1) is 0 Å². The Hall–Kier alpha value is -0.660. The molecule has 78 valence electrons. The third kappa shape index (κ3) is 6.50. The van der Waals surface area contributed by atoms with Crippen LogP contribution in [0.2, 0.25) is 0 Å². The Kier molecular flexibility index (Phi) is 4.89. The molecule has 13 heavy (non-hydrogen) atoms. The van der Waals surface area contributed by atoms with Crippen LogP contribution in [0.4, 0.5) is 0 Å². The smallest absolute Gasteiger partial charge is 0.309 e. The first-order valence-corrected chi connectivity index (χ1v) is 5.20. The van der Waals surface area contributed by atoms with Gasteiger partial charge in [-0.1, -0.05) is 6.92 Å². The molecule has 2 N–H and O–H groups in total. The zero-order chi connectivity index (χ0) is 10.5. The van der Waals surface area contributed by atoms with Crippen LogP contribution >= 0.6 is 0 Å². The average molecular weight is 212 g/mol. The summed E-state index contributed by atoms with van der Waals surface area (Å²) in [6.45, 7) is 0.826. The third-order valence-corrected chi connectivity index (χ3v) is 2.12. The van der Waals surface area contributed by atoms with Gasteiger partial charge >= 0.3 is 5.97 Å². The summed E-state index contributed by atoms with van der Waals surface area (Å²) >= 11 is 0. The monoisotopic (exact) mass is 212 g/mol. The normalized spacial score (nSPS) is 13.8. The van der Waals surface area contributed by atoms with Crippen molar-refractivity contribution in [2.45, 2.75) is 6.92 Å². The van der Waals surface area contributed by atoms with Gasteiger partial charge in [-0.25, -0.2) is 0 Å². The Labute approximate surface area is 76.3 Å². The SMILES string of the molecule is CC(CS(=O)(=O)O)C(=O)OCCO. The summed E-state index contributed by atoms with van der Waals surface area (Å²) in [4.78, 5) is 10.9. The number of ether oxygens (including phenoxy) is 1. The summed E-state index contributed by atoms with van der Waals surface area (Å²) in [7, 11) is -4.16. The minimum Gasteiger partial charge on any atom is -0.463 e. The minimum absolute atomic E-state index is 0.172. The Balaban J connectivity index is 3.97. The van der Waals surface area contributed by atoms with E-state index in [9.17, 15) is 13.2 Å². The molecule has 1 atom stereocenters. The molecule has 1 unspecified atom stereocenters. The fourth-order valence-electron chi connectivity index (χ4n) is 0.672. The van der Waals surface area contributed by atoms with Gasteiger partial charge in [0.2, 0.25) is 0 Å². The summed E-state index contributed by atoms with van der Waals surface area (Å²) in [6.07, 6.45) is 0. The van der Waals surface area contributed by atoms with Gasteiger partial charge in [0.1, 0.15) is 6.61 Å². The van der Waals surface area contributed by atoms with Gasteiger partial charge in [0.05, 0.1) is 18.3 Å². The lowest BCUT2D eigenvalue weighted by molar-refractivity contribution is -0.148. The molecule has 0 aliphatic heterocycles. The highest BCUT2D eigenvalue weighted by atomic mass is 32.2. The maximum Gasteiger partial charge on any atom is 0.309 e. The van der Waals surface area contributed by atoms with Crippen LogP contribution in [0.3, 0.4) is 0 Å². The molecule has 0 saturated heterocycles. The van der Waals surface area contributed by atoms with E-state index >= 15 is 0 Å². The maximum atomic E-state index is 10.9. The first-order valence-electron chi connectivity index (χ1n) is 3.59. The van der Waals surface area contributed by atoms with Crippen LogP contribution in [0.1, 0.15) is 6.92 Å². The van der Waals surface area contributed by atoms with Crippen molar-refractivity contribution in [3.63, 3.8) is 0 Å². The molecule has 0 spiro atoms. The number of aliphatic hydroxyl groups is 1. The molecule has 0 aromatic carbocycles. The van der Waals surface area contributed by atoms with E-state index in [1.54, 1.807) is 0 Å². The number of rotatable bonds is 5. The largest absolute Gasteiger partial charge is 0.463 e. The molecule has 7 heteroatoms. The number of esters is 1. The molecule has 0 radical (unpaired) electrons. The molecule has 0 aliphatic rings. The van der Waals surface area contributed by atoms with E-state index in [4.69, 9.17) is 9.66 Å². The molecular formula is C6H12O6S. The van der Waals surface area contributed by atoms with Crippen molar-refractivity contribution in [2.24, 2.45) is 5.92 Å². The molecule has 6 nitrogen and oxygen atoms in total. The molecule has 0 heterocycles. The first-order chi connectivity index (χ1) is 5.87. The van der Waals surface area contributed by atoms with Crippen LogP contribution in [0, 0.1) is 5.92 Å². The number of aliphatic hydroxyl groups excluding tert-OH is 1. The topological polar surface area (TPSA) is 101 Å². The average Bonchev–Trinajstić information content (AvgIpc) is 1.96. The number of carbonyl (C=O) groups excluding carboxylic acids is 1. The third-order valence-electron chi connectivity index (χ3n) is 1.20. The van der Waals surface area contributed by atoms with Gasteiger partial charge in [0.25, 0.3) is 10.1 Å². The van der Waals surface area contributed by atoms with Gasteiger partial charge in [-0.3, -0.25) is 9.35 Å². The Morgan fingerprint density at radius 2 is 2.08 bits per heavy atom. The lowest BCUT2D eigenvalue weighted by Crippen LogP contribution is -2.23. The van der Waals surface area contributed by atoms with E-state index in [0.717, 1.165) is 0 Å². The molecule has 0 aliphatic carbocycles. The molecule has 0 fully saturated rings. The number of carbonyl (C=O) groups is 1. The van der Waals surface area contributed by atoms with Gasteiger partial charge in [-0.2, -0.15) is 8.42 Å². The quantitative estimate of drug-likeness (QED) is 0.450. The second kappa shape index (κ2) is 5.15. The van der Waals surface area contributed by atoms with Crippen molar-refractivity contribution >= 4 is 16.1 Å². The van der Waals surface area contributed by atoms with Crippen molar-refractivity contribution in [2.75, 3.05) is 19.0 Å². The van der Waals surface area contributed by atoms with Crippen LogP contribution < -0.4 is 0 Å². The van der Waals surface area contributed by atoms with E-state index in [2.05, 4.69) is 4.74 Å². The summed E-state index contributed by atoms with van der Waals surface area (Å²) in [5.74, 6) is -2.36. The lowest BCUT2D eigenvalue weighted by Gasteiger charge is -2.08. The van der Waals surface area contributed by atoms with E-state index in [1.807, 2.05) is 0 Å². The number of hydrogen-bond acceptors (Lipinski definition) is 5. The van der Waals surface area contributed by atoms with Crippen LogP contribution in [0.25, 0.3) is 0 Å². The Morgan fingerprint density at radius 1 is 1.54 bits per heavy atom. The van der Waals surface area contributed by atoms with Crippen molar-refractivity contribution in [3.8, 4) is 0 Å². The highest BCUT2D eigenvalue weighted by Gasteiger charge is 2.20. The summed E-state index contributed by atoms with van der Waals surface area (Å²) in [5, 5.41) is 8.28. The predicted octanol–water partition coefficient (Wildman–Crippen LogP) is -0.954. The van der Waals surface area contributed by atoms with E-state index in [0.29, 0.717) is 0 Å². The standard InChI is InChI=1S/C6H12O6S/c1-5(4-13(9,10)11)6(8)12-3-2-7/h5,7H,2-4H2,1H3,(H,9,10,11). The van der Waals surface area contributed by atoms with Gasteiger partial charge in [0, 0.05) is 0 Å². The zero-order valence-electron chi connectivity index (χ0n) is 7.13. The molecule has 0 rings (SSSR count). The Bertz CT molecular complexity index is 256. The Morgan fingerprint density at radius 3 is 2.46 bits per heavy atom. The van der Waals surface area contributed by atoms with Crippen LogP contribution in [-0.2, 0) is 19.6 Å². The molecule has 0 amide bonds. The highest BCUT2D eigenvalue weighted by Crippen LogP contribution is 2.01. The van der Waals surface area contributed by atoms with Crippen molar-refractivity contribution in [1.29, 1.82) is 0 Å².